The van der Waals surface area contributed by atoms with Crippen LogP contribution in [0, 0.1) is 5.92 Å². The van der Waals surface area contributed by atoms with E-state index in [4.69, 9.17) is 0 Å². The van der Waals surface area contributed by atoms with Crippen LogP contribution in [-0.2, 0) is 11.2 Å². The van der Waals surface area contributed by atoms with E-state index in [1.165, 1.54) is 12.8 Å². The van der Waals surface area contributed by atoms with Crippen molar-refractivity contribution in [1.29, 1.82) is 0 Å². The summed E-state index contributed by atoms with van der Waals surface area (Å²) in [6.45, 7) is 4.68. The molecular weight excluding hydrogens is 392 g/mol. The number of likely N-dealkylation sites (tertiary alicyclic amines) is 2. The molecule has 2 fully saturated rings. The van der Waals surface area contributed by atoms with Crippen LogP contribution in [0.25, 0.3) is 0 Å². The third-order valence-electron chi connectivity index (χ3n) is 7.23. The zero-order chi connectivity index (χ0) is 22.0. The molecule has 3 aliphatic rings. The number of rotatable bonds is 2. The number of carbonyl (C=O) groups excluding carboxylic acids is 3. The van der Waals surface area contributed by atoms with Crippen LogP contribution < -0.4 is 5.32 Å². The average molecular weight is 427 g/mol. The molecule has 0 spiro atoms. The lowest BCUT2D eigenvalue weighted by Crippen LogP contribution is -2.48. The minimum absolute atomic E-state index is 0.0107. The largest absolute Gasteiger partial charge is 0.341 e. The average Bonchev–Trinajstić information content (AvgIpc) is 3.03. The number of hydrogen-bond acceptors (Lipinski definition) is 3. The fourth-order valence-electron chi connectivity index (χ4n) is 5.37. The smallest absolute Gasteiger partial charge is 0.321 e. The molecule has 2 saturated heterocycles. The van der Waals surface area contributed by atoms with Gasteiger partial charge in [-0.1, -0.05) is 18.9 Å². The van der Waals surface area contributed by atoms with Gasteiger partial charge in [0.15, 0.2) is 0 Å². The molecule has 7 heteroatoms. The molecule has 4 rings (SSSR count). The van der Waals surface area contributed by atoms with E-state index in [0.717, 1.165) is 50.8 Å². The molecule has 168 valence electrons. The minimum atomic E-state index is -0.112. The Labute approximate surface area is 184 Å². The number of urea groups is 1. The number of carbonyl (C=O) groups is 3. The summed E-state index contributed by atoms with van der Waals surface area (Å²) in [6.07, 6.45) is 7.24. The van der Waals surface area contributed by atoms with Gasteiger partial charge in [0.2, 0.25) is 5.91 Å². The van der Waals surface area contributed by atoms with Gasteiger partial charge in [-0.2, -0.15) is 0 Å². The second-order valence-corrected chi connectivity index (χ2v) is 9.23. The summed E-state index contributed by atoms with van der Waals surface area (Å²) in [5.41, 5.74) is 2.39. The van der Waals surface area contributed by atoms with Gasteiger partial charge in [-0.15, -0.1) is 0 Å². The molecule has 0 bridgehead atoms. The molecule has 7 nitrogen and oxygen atoms in total. The number of hydrogen-bond donors (Lipinski definition) is 1. The molecule has 4 amide bonds. The molecule has 0 radical (unpaired) electrons. The molecule has 3 aliphatic heterocycles. The van der Waals surface area contributed by atoms with Gasteiger partial charge in [0.1, 0.15) is 0 Å². The van der Waals surface area contributed by atoms with Gasteiger partial charge in [0.05, 0.1) is 0 Å². The third-order valence-corrected chi connectivity index (χ3v) is 7.23. The quantitative estimate of drug-likeness (QED) is 0.788. The molecule has 1 unspecified atom stereocenters. The summed E-state index contributed by atoms with van der Waals surface area (Å²) in [7, 11) is 1.81. The fourth-order valence-corrected chi connectivity index (χ4v) is 5.37. The van der Waals surface area contributed by atoms with Gasteiger partial charge >= 0.3 is 6.03 Å². The number of piperidine rings is 1. The highest BCUT2D eigenvalue weighted by molar-refractivity contribution is 5.99. The van der Waals surface area contributed by atoms with Crippen molar-refractivity contribution in [2.75, 3.05) is 38.5 Å². The van der Waals surface area contributed by atoms with E-state index in [-0.39, 0.29) is 17.8 Å². The van der Waals surface area contributed by atoms with Gasteiger partial charge in [0, 0.05) is 57.4 Å². The minimum Gasteiger partial charge on any atom is -0.341 e. The van der Waals surface area contributed by atoms with Crippen molar-refractivity contribution < 1.29 is 14.4 Å². The molecule has 31 heavy (non-hydrogen) atoms. The van der Waals surface area contributed by atoms with Crippen molar-refractivity contribution >= 4 is 23.5 Å². The lowest BCUT2D eigenvalue weighted by atomic mass is 9.86. The summed E-state index contributed by atoms with van der Waals surface area (Å²) in [4.78, 5) is 43.1. The van der Waals surface area contributed by atoms with Crippen LogP contribution in [0.5, 0.6) is 0 Å². The third kappa shape index (κ3) is 4.70. The lowest BCUT2D eigenvalue weighted by Gasteiger charge is -2.40. The maximum atomic E-state index is 12.8. The summed E-state index contributed by atoms with van der Waals surface area (Å²) < 4.78 is 0. The van der Waals surface area contributed by atoms with Gasteiger partial charge in [-0.05, 0) is 55.7 Å². The predicted molar refractivity (Wildman–Crippen MR) is 120 cm³/mol. The molecule has 1 aromatic carbocycles. The van der Waals surface area contributed by atoms with Crippen LogP contribution >= 0.6 is 0 Å². The van der Waals surface area contributed by atoms with E-state index < -0.39 is 0 Å². The maximum absolute atomic E-state index is 12.8. The summed E-state index contributed by atoms with van der Waals surface area (Å²) in [5.74, 6) is 0.652. The molecule has 0 saturated carbocycles. The number of nitrogens with zero attached hydrogens (tertiary/aromatic N) is 3. The first-order valence-electron chi connectivity index (χ1n) is 11.7. The molecule has 1 N–H and O–H groups in total. The fraction of sp³-hybridized carbons (Fsp3) is 0.625. The Balaban J connectivity index is 1.35. The van der Waals surface area contributed by atoms with E-state index >= 15 is 0 Å². The number of likely N-dealkylation sites (N-methyl/N-ethyl adjacent to an activating group) is 1. The van der Waals surface area contributed by atoms with Crippen molar-refractivity contribution in [1.82, 2.24) is 14.7 Å². The Hall–Kier alpha value is -2.57. The molecule has 1 atom stereocenters. The molecule has 1 aromatic rings. The van der Waals surface area contributed by atoms with Crippen LogP contribution in [0.1, 0.15) is 61.4 Å². The van der Waals surface area contributed by atoms with Crippen molar-refractivity contribution in [3.05, 3.63) is 29.3 Å². The molecule has 0 aromatic heterocycles. The predicted octanol–water partition coefficient (Wildman–Crippen LogP) is 3.35. The van der Waals surface area contributed by atoms with Crippen LogP contribution in [0.4, 0.5) is 10.5 Å². The van der Waals surface area contributed by atoms with Crippen LogP contribution in [0.15, 0.2) is 18.2 Å². The number of fused-ring (bicyclic) bond motifs is 1. The Morgan fingerprint density at radius 1 is 1.00 bits per heavy atom. The Morgan fingerprint density at radius 3 is 2.52 bits per heavy atom. The van der Waals surface area contributed by atoms with Gasteiger partial charge < -0.3 is 20.0 Å². The van der Waals surface area contributed by atoms with E-state index in [0.29, 0.717) is 36.3 Å². The van der Waals surface area contributed by atoms with Gasteiger partial charge in [0.25, 0.3) is 5.91 Å². The highest BCUT2D eigenvalue weighted by Crippen LogP contribution is 2.30. The Kier molecular flexibility index (Phi) is 6.49. The zero-order valence-electron chi connectivity index (χ0n) is 18.7. The Bertz CT molecular complexity index is 847. The van der Waals surface area contributed by atoms with Crippen LogP contribution in [-0.4, -0.2) is 71.8 Å². The number of benzene rings is 1. The van der Waals surface area contributed by atoms with Crippen molar-refractivity contribution in [2.45, 2.75) is 57.9 Å². The number of anilines is 1. The van der Waals surface area contributed by atoms with E-state index in [9.17, 15) is 14.4 Å². The molecular formula is C24H34N4O3. The number of amides is 4. The van der Waals surface area contributed by atoms with E-state index in [1.807, 2.05) is 24.1 Å². The topological polar surface area (TPSA) is 73.0 Å². The standard InChI is InChI=1S/C24H34N4O3/c1-17(29)28-12-5-3-4-6-22(28)19-10-14-27(15-11-19)24(31)25-20-8-7-18-9-13-26(2)23(30)21(18)16-20/h7-8,16,19,22H,3-6,9-15H2,1-2H3,(H,25,31). The maximum Gasteiger partial charge on any atom is 0.321 e. The monoisotopic (exact) mass is 426 g/mol. The van der Waals surface area contributed by atoms with Crippen LogP contribution in [0.2, 0.25) is 0 Å². The summed E-state index contributed by atoms with van der Waals surface area (Å²) in [5, 5.41) is 2.98. The first-order chi connectivity index (χ1) is 14.9. The van der Waals surface area contributed by atoms with E-state index in [1.54, 1.807) is 17.9 Å². The molecule has 3 heterocycles. The SMILES string of the molecule is CC(=O)N1CCCCCC1C1CCN(C(=O)Nc2ccc3c(c2)C(=O)N(C)CC3)CC1. The van der Waals surface area contributed by atoms with Crippen molar-refractivity contribution in [3.63, 3.8) is 0 Å². The van der Waals surface area contributed by atoms with Crippen molar-refractivity contribution in [3.8, 4) is 0 Å². The lowest BCUT2D eigenvalue weighted by molar-refractivity contribution is -0.132. The van der Waals surface area contributed by atoms with E-state index in [2.05, 4.69) is 10.2 Å². The highest BCUT2D eigenvalue weighted by Gasteiger charge is 2.33. The second-order valence-electron chi connectivity index (χ2n) is 9.23. The second kappa shape index (κ2) is 9.28. The zero-order valence-corrected chi connectivity index (χ0v) is 18.7. The number of nitrogens with one attached hydrogen (secondary N) is 1. The van der Waals surface area contributed by atoms with Crippen molar-refractivity contribution in [2.24, 2.45) is 5.92 Å². The molecule has 0 aliphatic carbocycles. The van der Waals surface area contributed by atoms with Gasteiger partial charge in [-0.25, -0.2) is 4.79 Å². The first-order valence-corrected chi connectivity index (χ1v) is 11.7. The first kappa shape index (κ1) is 21.7. The normalized spacial score (nSPS) is 22.7. The van der Waals surface area contributed by atoms with Gasteiger partial charge in [-0.3, -0.25) is 9.59 Å². The Morgan fingerprint density at radius 2 is 1.77 bits per heavy atom. The summed E-state index contributed by atoms with van der Waals surface area (Å²) >= 11 is 0. The summed E-state index contributed by atoms with van der Waals surface area (Å²) in [6, 6.07) is 5.84. The highest BCUT2D eigenvalue weighted by atomic mass is 16.2. The van der Waals surface area contributed by atoms with Crippen LogP contribution in [0.3, 0.4) is 0 Å².